The van der Waals surface area contributed by atoms with E-state index in [-0.39, 0.29) is 11.8 Å². The van der Waals surface area contributed by atoms with Gasteiger partial charge in [0, 0.05) is 6.54 Å². The number of hydrogen-bond donors (Lipinski definition) is 1. The zero-order valence-electron chi connectivity index (χ0n) is 15.0. The Kier molecular flexibility index (Phi) is 4.13. The van der Waals surface area contributed by atoms with Crippen LogP contribution in [0.25, 0.3) is 10.8 Å². The molecule has 132 valence electrons. The van der Waals surface area contributed by atoms with Crippen LogP contribution < -0.4 is 9.96 Å². The highest BCUT2D eigenvalue weighted by molar-refractivity contribution is 6.03. The lowest BCUT2D eigenvalue weighted by molar-refractivity contribution is -0.126. The topological polar surface area (TPSA) is 43.8 Å². The lowest BCUT2D eigenvalue weighted by atomic mass is 9.96. The highest BCUT2D eigenvalue weighted by Gasteiger charge is 2.39. The van der Waals surface area contributed by atoms with Crippen LogP contribution in [0.15, 0.2) is 66.7 Å². The summed E-state index contributed by atoms with van der Waals surface area (Å²) in [7, 11) is 0. The van der Waals surface area contributed by atoms with E-state index in [1.165, 1.54) is 10.8 Å². The van der Waals surface area contributed by atoms with Crippen LogP contribution in [0.4, 0.5) is 11.4 Å². The molecular weight excluding hydrogens is 324 g/mol. The van der Waals surface area contributed by atoms with Crippen molar-refractivity contribution in [1.82, 2.24) is 0 Å². The number of nitrogens with zero attached hydrogens (tertiary/aromatic N) is 2. The summed E-state index contributed by atoms with van der Waals surface area (Å²) in [5, 5.41) is 13.5. The molecule has 26 heavy (non-hydrogen) atoms. The molecule has 4 rings (SSSR count). The fourth-order valence-electron chi connectivity index (χ4n) is 3.78. The first-order chi connectivity index (χ1) is 12.6. The SMILES string of the molecule is CC(C)[C@H]1C(=O)N(O)c2ccccc2N1Cc1ccc2ccccc2c1. The Balaban J connectivity index is 1.78. The summed E-state index contributed by atoms with van der Waals surface area (Å²) in [5.74, 6) is -0.203. The number of carbonyl (C=O) groups is 1. The predicted octanol–water partition coefficient (Wildman–Crippen LogP) is 4.61. The van der Waals surface area contributed by atoms with Gasteiger partial charge in [0.05, 0.1) is 11.4 Å². The van der Waals surface area contributed by atoms with Crippen molar-refractivity contribution in [3.63, 3.8) is 0 Å². The van der Waals surface area contributed by atoms with E-state index in [4.69, 9.17) is 0 Å². The van der Waals surface area contributed by atoms with E-state index in [1.54, 1.807) is 6.07 Å². The van der Waals surface area contributed by atoms with E-state index in [9.17, 15) is 10.0 Å². The maximum absolute atomic E-state index is 12.8. The van der Waals surface area contributed by atoms with Crippen molar-refractivity contribution in [1.29, 1.82) is 0 Å². The van der Waals surface area contributed by atoms with Gasteiger partial charge in [-0.25, -0.2) is 0 Å². The number of anilines is 2. The third kappa shape index (κ3) is 2.72. The smallest absolute Gasteiger partial charge is 0.273 e. The van der Waals surface area contributed by atoms with E-state index in [2.05, 4.69) is 35.2 Å². The van der Waals surface area contributed by atoms with Crippen molar-refractivity contribution in [3.8, 4) is 0 Å². The van der Waals surface area contributed by atoms with E-state index >= 15 is 0 Å². The van der Waals surface area contributed by atoms with Gasteiger partial charge < -0.3 is 4.90 Å². The molecular formula is C22H22N2O2. The molecule has 1 amide bonds. The summed E-state index contributed by atoms with van der Waals surface area (Å²) >= 11 is 0. The Hall–Kier alpha value is -2.85. The molecule has 0 aliphatic carbocycles. The number of rotatable bonds is 3. The third-order valence-corrected chi connectivity index (χ3v) is 5.02. The number of para-hydroxylation sites is 2. The fourth-order valence-corrected chi connectivity index (χ4v) is 3.78. The van der Waals surface area contributed by atoms with E-state index in [1.807, 2.05) is 44.2 Å². The summed E-state index contributed by atoms with van der Waals surface area (Å²) in [4.78, 5) is 14.9. The quantitative estimate of drug-likeness (QED) is 0.705. The van der Waals surface area contributed by atoms with Crippen LogP contribution in [0.3, 0.4) is 0 Å². The van der Waals surface area contributed by atoms with Crippen LogP contribution >= 0.6 is 0 Å². The van der Waals surface area contributed by atoms with Gasteiger partial charge in [0.2, 0.25) is 0 Å². The summed E-state index contributed by atoms with van der Waals surface area (Å²) in [6.07, 6.45) is 0. The molecule has 0 fully saturated rings. The first-order valence-electron chi connectivity index (χ1n) is 8.92. The Morgan fingerprint density at radius 2 is 1.58 bits per heavy atom. The van der Waals surface area contributed by atoms with Gasteiger partial charge in [-0.2, -0.15) is 5.06 Å². The Morgan fingerprint density at radius 3 is 2.31 bits per heavy atom. The van der Waals surface area contributed by atoms with Crippen molar-refractivity contribution in [3.05, 3.63) is 72.3 Å². The van der Waals surface area contributed by atoms with Crippen LogP contribution in [0.2, 0.25) is 0 Å². The van der Waals surface area contributed by atoms with Gasteiger partial charge in [-0.15, -0.1) is 0 Å². The first-order valence-corrected chi connectivity index (χ1v) is 8.92. The lowest BCUT2D eigenvalue weighted by Gasteiger charge is -2.42. The minimum atomic E-state index is -0.402. The molecule has 0 radical (unpaired) electrons. The van der Waals surface area contributed by atoms with Gasteiger partial charge in [0.15, 0.2) is 0 Å². The maximum Gasteiger partial charge on any atom is 0.273 e. The average Bonchev–Trinajstić information content (AvgIpc) is 2.65. The number of hydrogen-bond acceptors (Lipinski definition) is 3. The molecule has 0 spiro atoms. The molecule has 0 saturated carbocycles. The minimum Gasteiger partial charge on any atom is -0.353 e. The largest absolute Gasteiger partial charge is 0.353 e. The summed E-state index contributed by atoms with van der Waals surface area (Å²) in [5.41, 5.74) is 2.56. The minimum absolute atomic E-state index is 0.0750. The zero-order chi connectivity index (χ0) is 18.3. The zero-order valence-corrected chi connectivity index (χ0v) is 15.0. The lowest BCUT2D eigenvalue weighted by Crippen LogP contribution is -2.54. The van der Waals surface area contributed by atoms with E-state index in [0.29, 0.717) is 12.2 Å². The van der Waals surface area contributed by atoms with Gasteiger partial charge in [0.25, 0.3) is 5.91 Å². The van der Waals surface area contributed by atoms with Gasteiger partial charge >= 0.3 is 0 Å². The van der Waals surface area contributed by atoms with Crippen LogP contribution in [0.5, 0.6) is 0 Å². The highest BCUT2D eigenvalue weighted by Crippen LogP contribution is 2.38. The van der Waals surface area contributed by atoms with Crippen LogP contribution in [0.1, 0.15) is 19.4 Å². The van der Waals surface area contributed by atoms with Crippen molar-refractivity contribution >= 4 is 28.1 Å². The van der Waals surface area contributed by atoms with E-state index in [0.717, 1.165) is 16.3 Å². The average molecular weight is 346 g/mol. The molecule has 0 aromatic heterocycles. The van der Waals surface area contributed by atoms with Crippen LogP contribution in [0, 0.1) is 5.92 Å². The van der Waals surface area contributed by atoms with Crippen LogP contribution in [-0.2, 0) is 11.3 Å². The molecule has 3 aromatic carbocycles. The standard InChI is InChI=1S/C22H22N2O2/c1-15(2)21-22(25)24(26)20-10-6-5-9-19(20)23(21)14-16-11-12-17-7-3-4-8-18(17)13-16/h3-13,15,21,26H,14H2,1-2H3/t21-/m0/s1. The van der Waals surface area contributed by atoms with E-state index < -0.39 is 6.04 Å². The molecule has 0 bridgehead atoms. The second-order valence-corrected chi connectivity index (χ2v) is 7.14. The molecule has 1 heterocycles. The van der Waals surface area contributed by atoms with Crippen molar-refractivity contribution in [2.24, 2.45) is 5.92 Å². The molecule has 0 unspecified atom stereocenters. The number of hydroxylamine groups is 1. The van der Waals surface area contributed by atoms with Crippen LogP contribution in [-0.4, -0.2) is 17.2 Å². The molecule has 0 saturated heterocycles. The third-order valence-electron chi connectivity index (χ3n) is 5.02. The predicted molar refractivity (Wildman–Crippen MR) is 104 cm³/mol. The van der Waals surface area contributed by atoms with Crippen molar-refractivity contribution in [2.75, 3.05) is 9.96 Å². The Labute approximate surface area is 153 Å². The second-order valence-electron chi connectivity index (χ2n) is 7.14. The monoisotopic (exact) mass is 346 g/mol. The van der Waals surface area contributed by atoms with Gasteiger partial charge in [-0.1, -0.05) is 62.4 Å². The normalized spacial score (nSPS) is 17.1. The maximum atomic E-state index is 12.8. The number of amides is 1. The molecule has 1 aliphatic heterocycles. The van der Waals surface area contributed by atoms with Gasteiger partial charge in [-0.3, -0.25) is 10.0 Å². The summed E-state index contributed by atoms with van der Waals surface area (Å²) < 4.78 is 0. The molecule has 3 aromatic rings. The second kappa shape index (κ2) is 6.46. The highest BCUT2D eigenvalue weighted by atomic mass is 16.5. The summed E-state index contributed by atoms with van der Waals surface area (Å²) in [6.45, 7) is 4.64. The Morgan fingerprint density at radius 1 is 0.923 bits per heavy atom. The summed E-state index contributed by atoms with van der Waals surface area (Å²) in [6, 6.07) is 21.8. The number of fused-ring (bicyclic) bond motifs is 2. The van der Waals surface area contributed by atoms with Crippen molar-refractivity contribution < 1.29 is 10.0 Å². The fraction of sp³-hybridized carbons (Fsp3) is 0.227. The number of carbonyl (C=O) groups excluding carboxylic acids is 1. The molecule has 1 aliphatic rings. The molecule has 1 atom stereocenters. The molecule has 1 N–H and O–H groups in total. The van der Waals surface area contributed by atoms with Gasteiger partial charge in [0.1, 0.15) is 6.04 Å². The number of benzene rings is 3. The first kappa shape index (κ1) is 16.6. The molecule has 4 heteroatoms. The molecule has 4 nitrogen and oxygen atoms in total. The Bertz CT molecular complexity index is 967. The van der Waals surface area contributed by atoms with Crippen molar-refractivity contribution in [2.45, 2.75) is 26.4 Å². The van der Waals surface area contributed by atoms with Gasteiger partial charge in [-0.05, 0) is 40.5 Å².